The van der Waals surface area contributed by atoms with Gasteiger partial charge in [-0.3, -0.25) is 4.79 Å². The van der Waals surface area contributed by atoms with E-state index in [9.17, 15) is 13.2 Å². The largest absolute Gasteiger partial charge is 0.480 e. The van der Waals surface area contributed by atoms with Crippen LogP contribution in [0.15, 0.2) is 29.2 Å². The topological polar surface area (TPSA) is 83.5 Å². The molecule has 0 aliphatic rings. The summed E-state index contributed by atoms with van der Waals surface area (Å²) in [5, 5.41) is 9.10. The first-order valence-electron chi connectivity index (χ1n) is 6.09. The van der Waals surface area contributed by atoms with Crippen LogP contribution < -0.4 is 4.72 Å². The Morgan fingerprint density at radius 2 is 1.84 bits per heavy atom. The molecular weight excluding hydrogens is 266 g/mol. The highest BCUT2D eigenvalue weighted by molar-refractivity contribution is 7.89. The van der Waals surface area contributed by atoms with Crippen molar-refractivity contribution in [2.75, 3.05) is 0 Å². The van der Waals surface area contributed by atoms with Gasteiger partial charge in [0.2, 0.25) is 10.0 Å². The Hall–Kier alpha value is -1.40. The third-order valence-electron chi connectivity index (χ3n) is 3.09. The number of carboxylic acids is 1. The first kappa shape index (κ1) is 15.7. The number of benzene rings is 1. The summed E-state index contributed by atoms with van der Waals surface area (Å²) < 4.78 is 26.5. The molecule has 2 N–H and O–H groups in total. The second kappa shape index (κ2) is 6.16. The summed E-state index contributed by atoms with van der Waals surface area (Å²) in [5.74, 6) is -1.44. The lowest BCUT2D eigenvalue weighted by atomic mass is 10.0. The third kappa shape index (κ3) is 4.04. The van der Waals surface area contributed by atoms with Gasteiger partial charge in [-0.15, -0.1) is 0 Å². The van der Waals surface area contributed by atoms with Gasteiger partial charge in [-0.25, -0.2) is 8.42 Å². The zero-order chi connectivity index (χ0) is 14.6. The second-order valence-corrected chi connectivity index (χ2v) is 6.35. The fourth-order valence-electron chi connectivity index (χ4n) is 1.60. The molecule has 0 radical (unpaired) electrons. The molecule has 0 spiro atoms. The maximum Gasteiger partial charge on any atom is 0.322 e. The summed E-state index contributed by atoms with van der Waals surface area (Å²) in [6.45, 7) is 5.38. The van der Waals surface area contributed by atoms with Gasteiger partial charge in [0, 0.05) is 0 Å². The first-order valence-corrected chi connectivity index (χ1v) is 7.58. The lowest BCUT2D eigenvalue weighted by Crippen LogP contribution is -2.44. The highest BCUT2D eigenvalue weighted by Crippen LogP contribution is 2.14. The van der Waals surface area contributed by atoms with Crippen LogP contribution in [0.2, 0.25) is 0 Å². The lowest BCUT2D eigenvalue weighted by molar-refractivity contribution is -0.140. The molecule has 0 aliphatic heterocycles. The van der Waals surface area contributed by atoms with E-state index < -0.39 is 22.0 Å². The maximum atomic E-state index is 12.1. The molecular formula is C13H19NO4S. The number of hydrogen-bond acceptors (Lipinski definition) is 3. The van der Waals surface area contributed by atoms with Gasteiger partial charge < -0.3 is 5.11 Å². The molecule has 0 amide bonds. The van der Waals surface area contributed by atoms with E-state index >= 15 is 0 Å². The van der Waals surface area contributed by atoms with Crippen LogP contribution in [0.25, 0.3) is 0 Å². The summed E-state index contributed by atoms with van der Waals surface area (Å²) in [5.41, 5.74) is 0.940. The Morgan fingerprint density at radius 3 is 2.26 bits per heavy atom. The van der Waals surface area contributed by atoms with Crippen molar-refractivity contribution in [3.8, 4) is 0 Å². The minimum atomic E-state index is -3.81. The predicted octanol–water partition coefficient (Wildman–Crippen LogP) is 1.77. The van der Waals surface area contributed by atoms with Crippen LogP contribution in [0.3, 0.4) is 0 Å². The molecule has 0 fully saturated rings. The number of carbonyl (C=O) groups is 1. The van der Waals surface area contributed by atoms with Crippen molar-refractivity contribution in [3.05, 3.63) is 29.8 Å². The van der Waals surface area contributed by atoms with Gasteiger partial charge in [-0.05, 0) is 25.0 Å². The van der Waals surface area contributed by atoms with E-state index in [1.807, 2.05) is 13.8 Å². The third-order valence-corrected chi connectivity index (χ3v) is 4.55. The van der Waals surface area contributed by atoms with Crippen LogP contribution >= 0.6 is 0 Å². The molecule has 1 rings (SSSR count). The fourth-order valence-corrected chi connectivity index (χ4v) is 2.90. The summed E-state index contributed by atoms with van der Waals surface area (Å²) in [7, 11) is -3.81. The van der Waals surface area contributed by atoms with Crippen molar-refractivity contribution < 1.29 is 18.3 Å². The van der Waals surface area contributed by atoms with Gasteiger partial charge in [0.15, 0.2) is 0 Å². The Kier molecular flexibility index (Phi) is 5.08. The lowest BCUT2D eigenvalue weighted by Gasteiger charge is -2.20. The van der Waals surface area contributed by atoms with Crippen LogP contribution in [0.1, 0.15) is 25.8 Å². The van der Waals surface area contributed by atoms with Crippen molar-refractivity contribution in [1.82, 2.24) is 4.72 Å². The molecule has 106 valence electrons. The molecule has 0 aromatic heterocycles. The summed E-state index contributed by atoms with van der Waals surface area (Å²) in [4.78, 5) is 11.2. The van der Waals surface area contributed by atoms with Crippen molar-refractivity contribution in [3.63, 3.8) is 0 Å². The normalized spacial score (nSPS) is 14.9. The zero-order valence-corrected chi connectivity index (χ0v) is 12.1. The molecule has 19 heavy (non-hydrogen) atoms. The van der Waals surface area contributed by atoms with E-state index in [0.717, 1.165) is 5.56 Å². The molecule has 0 saturated heterocycles. The number of nitrogens with one attached hydrogen (secondary N) is 1. The van der Waals surface area contributed by atoms with Crippen molar-refractivity contribution in [1.29, 1.82) is 0 Å². The zero-order valence-electron chi connectivity index (χ0n) is 11.3. The molecule has 1 aromatic carbocycles. The van der Waals surface area contributed by atoms with Gasteiger partial charge in [-0.2, -0.15) is 4.72 Å². The van der Waals surface area contributed by atoms with E-state index in [0.29, 0.717) is 6.42 Å². The summed E-state index contributed by atoms with van der Waals surface area (Å²) >= 11 is 0. The minimum absolute atomic E-state index is 0.0765. The monoisotopic (exact) mass is 285 g/mol. The maximum absolute atomic E-state index is 12.1. The quantitative estimate of drug-likeness (QED) is 0.834. The van der Waals surface area contributed by atoms with Gasteiger partial charge in [0.1, 0.15) is 6.04 Å². The molecule has 6 heteroatoms. The van der Waals surface area contributed by atoms with Crippen molar-refractivity contribution in [2.24, 2.45) is 5.92 Å². The summed E-state index contributed by atoms with van der Waals surface area (Å²) in [6.07, 6.45) is 0.577. The summed E-state index contributed by atoms with van der Waals surface area (Å²) in [6, 6.07) is 5.16. The molecule has 5 nitrogen and oxygen atoms in total. The number of aliphatic carboxylic acids is 1. The van der Waals surface area contributed by atoms with Crippen LogP contribution in [-0.2, 0) is 14.8 Å². The number of hydrogen-bond donors (Lipinski definition) is 2. The second-order valence-electron chi connectivity index (χ2n) is 4.64. The average molecular weight is 285 g/mol. The Bertz CT molecular complexity index is 536. The smallest absolute Gasteiger partial charge is 0.322 e. The van der Waals surface area contributed by atoms with Gasteiger partial charge >= 0.3 is 5.97 Å². The Labute approximate surface area is 113 Å². The van der Waals surface area contributed by atoms with Crippen molar-refractivity contribution >= 4 is 16.0 Å². The van der Waals surface area contributed by atoms with E-state index in [4.69, 9.17) is 5.11 Å². The molecule has 0 heterocycles. The average Bonchev–Trinajstić information content (AvgIpc) is 2.35. The van der Waals surface area contributed by atoms with Crippen LogP contribution in [0, 0.1) is 12.8 Å². The van der Waals surface area contributed by atoms with Crippen molar-refractivity contribution in [2.45, 2.75) is 38.1 Å². The molecule has 0 bridgehead atoms. The molecule has 1 aromatic rings. The van der Waals surface area contributed by atoms with Gasteiger partial charge in [0.05, 0.1) is 4.90 Å². The van der Waals surface area contributed by atoms with E-state index in [1.54, 1.807) is 19.1 Å². The van der Waals surface area contributed by atoms with E-state index in [2.05, 4.69) is 4.72 Å². The van der Waals surface area contributed by atoms with E-state index in [-0.39, 0.29) is 10.8 Å². The Balaban J connectivity index is 3.00. The minimum Gasteiger partial charge on any atom is -0.480 e. The molecule has 0 saturated carbocycles. The van der Waals surface area contributed by atoms with Gasteiger partial charge in [-0.1, -0.05) is 38.0 Å². The number of carboxylic acid groups (broad SMARTS) is 1. The van der Waals surface area contributed by atoms with Crippen LogP contribution in [0.4, 0.5) is 0 Å². The number of rotatable bonds is 6. The number of aryl methyl sites for hydroxylation is 1. The Morgan fingerprint density at radius 1 is 1.32 bits per heavy atom. The van der Waals surface area contributed by atoms with E-state index in [1.165, 1.54) is 12.1 Å². The first-order chi connectivity index (χ1) is 8.77. The highest BCUT2D eigenvalue weighted by atomic mass is 32.2. The highest BCUT2D eigenvalue weighted by Gasteiger charge is 2.29. The number of sulfonamides is 1. The van der Waals surface area contributed by atoms with Crippen LogP contribution in [-0.4, -0.2) is 25.5 Å². The standard InChI is InChI=1S/C13H19NO4S/c1-4-10(3)12(13(15)16)14-19(17,18)11-7-5-9(2)6-8-11/h5-8,10,12,14H,4H2,1-3H3,(H,15,16)/t10-,12+/m1/s1. The fraction of sp³-hybridized carbons (Fsp3) is 0.462. The van der Waals surface area contributed by atoms with Crippen LogP contribution in [0.5, 0.6) is 0 Å². The predicted molar refractivity (Wildman–Crippen MR) is 72.4 cm³/mol. The molecule has 0 aliphatic carbocycles. The molecule has 0 unspecified atom stereocenters. The molecule has 2 atom stereocenters. The van der Waals surface area contributed by atoms with Gasteiger partial charge in [0.25, 0.3) is 0 Å². The SMILES string of the molecule is CC[C@@H](C)[C@H](NS(=O)(=O)c1ccc(C)cc1)C(=O)O.